The first kappa shape index (κ1) is 16.5. The highest BCUT2D eigenvalue weighted by Gasteiger charge is 2.15. The number of benzene rings is 2. The fourth-order valence-corrected chi connectivity index (χ4v) is 2.87. The Morgan fingerprint density at radius 2 is 1.92 bits per heavy atom. The van der Waals surface area contributed by atoms with Crippen molar-refractivity contribution in [2.45, 2.75) is 25.9 Å². The van der Waals surface area contributed by atoms with Crippen LogP contribution in [-0.4, -0.2) is 27.1 Å². The van der Waals surface area contributed by atoms with Crippen LogP contribution in [0.4, 0.5) is 0 Å². The van der Waals surface area contributed by atoms with Gasteiger partial charge in [-0.15, -0.1) is 0 Å². The van der Waals surface area contributed by atoms with Crippen LogP contribution in [0.25, 0.3) is 0 Å². The maximum Gasteiger partial charge on any atom is 0.231 e. The van der Waals surface area contributed by atoms with Crippen LogP contribution < -0.4 is 24.3 Å². The van der Waals surface area contributed by atoms with Gasteiger partial charge in [-0.05, 0) is 37.1 Å². The highest BCUT2D eigenvalue weighted by Crippen LogP contribution is 2.33. The van der Waals surface area contributed by atoms with Gasteiger partial charge in [0, 0.05) is 18.2 Å². The van der Waals surface area contributed by atoms with Crippen LogP contribution in [0.2, 0.25) is 0 Å². The van der Waals surface area contributed by atoms with Gasteiger partial charge in [-0.25, -0.2) is 0 Å². The molecule has 0 aliphatic carbocycles. The molecule has 1 N–H and O–H groups in total. The molecule has 128 valence electrons. The molecule has 2 aromatic carbocycles. The van der Waals surface area contributed by atoms with E-state index in [1.165, 1.54) is 5.56 Å². The minimum absolute atomic E-state index is 0.307. The predicted molar refractivity (Wildman–Crippen MR) is 92.1 cm³/mol. The lowest BCUT2D eigenvalue weighted by Gasteiger charge is -2.17. The molecule has 0 aromatic heterocycles. The Hall–Kier alpha value is -2.40. The zero-order valence-electron chi connectivity index (χ0n) is 14.3. The molecule has 0 radical (unpaired) electrons. The van der Waals surface area contributed by atoms with Gasteiger partial charge in [-0.1, -0.05) is 18.2 Å². The summed E-state index contributed by atoms with van der Waals surface area (Å²) in [6.07, 6.45) is 0.906. The molecule has 0 spiro atoms. The minimum Gasteiger partial charge on any atom is -0.493 e. The van der Waals surface area contributed by atoms with Crippen molar-refractivity contribution >= 4 is 0 Å². The van der Waals surface area contributed by atoms with Crippen LogP contribution in [0.15, 0.2) is 36.4 Å². The van der Waals surface area contributed by atoms with E-state index in [9.17, 15) is 0 Å². The van der Waals surface area contributed by atoms with Crippen LogP contribution >= 0.6 is 0 Å². The summed E-state index contributed by atoms with van der Waals surface area (Å²) in [7, 11) is 3.31. The van der Waals surface area contributed by atoms with Gasteiger partial charge in [0.05, 0.1) is 14.2 Å². The molecule has 0 saturated heterocycles. The van der Waals surface area contributed by atoms with Gasteiger partial charge in [0.1, 0.15) is 0 Å². The molecule has 0 saturated carbocycles. The van der Waals surface area contributed by atoms with Crippen molar-refractivity contribution in [1.29, 1.82) is 0 Å². The van der Waals surface area contributed by atoms with E-state index in [1.807, 2.05) is 30.3 Å². The van der Waals surface area contributed by atoms with Crippen LogP contribution in [0.3, 0.4) is 0 Å². The summed E-state index contributed by atoms with van der Waals surface area (Å²) in [6, 6.07) is 12.3. The Morgan fingerprint density at radius 1 is 1.08 bits per heavy atom. The standard InChI is InChI=1S/C19H23NO4/c1-13(9-14-7-8-16-18(10-14)24-12-23-16)20-11-15-5-4-6-17(21-2)19(15)22-3/h4-8,10,13,20H,9,11-12H2,1-3H3. The van der Waals surface area contributed by atoms with E-state index in [1.54, 1.807) is 14.2 Å². The summed E-state index contributed by atoms with van der Waals surface area (Å²) in [5, 5.41) is 3.53. The van der Waals surface area contributed by atoms with Crippen LogP contribution in [0.5, 0.6) is 23.0 Å². The molecule has 1 heterocycles. The Morgan fingerprint density at radius 3 is 2.71 bits per heavy atom. The van der Waals surface area contributed by atoms with Gasteiger partial charge in [0.15, 0.2) is 23.0 Å². The average molecular weight is 329 g/mol. The number of ether oxygens (including phenoxy) is 4. The SMILES string of the molecule is COc1cccc(CNC(C)Cc2ccc3c(c2)OCO3)c1OC. The van der Waals surface area contributed by atoms with Crippen molar-refractivity contribution in [3.05, 3.63) is 47.5 Å². The highest BCUT2D eigenvalue weighted by atomic mass is 16.7. The van der Waals surface area contributed by atoms with E-state index in [4.69, 9.17) is 18.9 Å². The number of nitrogens with one attached hydrogen (secondary N) is 1. The van der Waals surface area contributed by atoms with Gasteiger partial charge >= 0.3 is 0 Å². The number of rotatable bonds is 7. The summed E-state index contributed by atoms with van der Waals surface area (Å²) in [5.41, 5.74) is 2.30. The smallest absolute Gasteiger partial charge is 0.231 e. The number of fused-ring (bicyclic) bond motifs is 1. The molecule has 0 bridgehead atoms. The predicted octanol–water partition coefficient (Wildman–Crippen LogP) is 3.15. The van der Waals surface area contributed by atoms with E-state index >= 15 is 0 Å². The normalized spacial score (nSPS) is 13.6. The van der Waals surface area contributed by atoms with Crippen LogP contribution in [0, 0.1) is 0 Å². The van der Waals surface area contributed by atoms with E-state index in [-0.39, 0.29) is 0 Å². The topological polar surface area (TPSA) is 49.0 Å². The first-order valence-electron chi connectivity index (χ1n) is 8.03. The molecule has 3 rings (SSSR count). The van der Waals surface area contributed by atoms with Crippen LogP contribution in [-0.2, 0) is 13.0 Å². The molecule has 5 heteroatoms. The zero-order chi connectivity index (χ0) is 16.9. The third-order valence-electron chi connectivity index (χ3n) is 4.10. The summed E-state index contributed by atoms with van der Waals surface area (Å²) in [6.45, 7) is 3.19. The first-order chi connectivity index (χ1) is 11.7. The van der Waals surface area contributed by atoms with Crippen molar-refractivity contribution in [1.82, 2.24) is 5.32 Å². The highest BCUT2D eigenvalue weighted by molar-refractivity contribution is 5.47. The van der Waals surface area contributed by atoms with Gasteiger partial charge < -0.3 is 24.3 Å². The molecule has 2 aromatic rings. The third-order valence-corrected chi connectivity index (χ3v) is 4.10. The molecular formula is C19H23NO4. The quantitative estimate of drug-likeness (QED) is 0.845. The Bertz CT molecular complexity index is 702. The lowest BCUT2D eigenvalue weighted by atomic mass is 10.1. The molecule has 0 fully saturated rings. The lowest BCUT2D eigenvalue weighted by molar-refractivity contribution is 0.174. The molecule has 1 unspecified atom stereocenters. The molecule has 1 aliphatic rings. The summed E-state index contributed by atoms with van der Waals surface area (Å²) in [5.74, 6) is 3.18. The molecule has 5 nitrogen and oxygen atoms in total. The van der Waals surface area contributed by atoms with Crippen molar-refractivity contribution in [3.8, 4) is 23.0 Å². The molecule has 24 heavy (non-hydrogen) atoms. The second-order valence-electron chi connectivity index (χ2n) is 5.83. The minimum atomic E-state index is 0.307. The Labute approximate surface area is 142 Å². The molecular weight excluding hydrogens is 306 g/mol. The average Bonchev–Trinajstić information content (AvgIpc) is 3.07. The first-order valence-corrected chi connectivity index (χ1v) is 8.03. The number of hydrogen-bond acceptors (Lipinski definition) is 5. The van der Waals surface area contributed by atoms with Crippen molar-refractivity contribution in [2.24, 2.45) is 0 Å². The second-order valence-corrected chi connectivity index (χ2v) is 5.83. The monoisotopic (exact) mass is 329 g/mol. The summed E-state index contributed by atoms with van der Waals surface area (Å²) >= 11 is 0. The van der Waals surface area contributed by atoms with Crippen molar-refractivity contribution in [2.75, 3.05) is 21.0 Å². The molecule has 1 atom stereocenters. The third kappa shape index (κ3) is 3.57. The largest absolute Gasteiger partial charge is 0.493 e. The fraction of sp³-hybridized carbons (Fsp3) is 0.368. The fourth-order valence-electron chi connectivity index (χ4n) is 2.87. The maximum atomic E-state index is 5.47. The van der Waals surface area contributed by atoms with Crippen molar-refractivity contribution in [3.63, 3.8) is 0 Å². The van der Waals surface area contributed by atoms with Gasteiger partial charge in [0.2, 0.25) is 6.79 Å². The number of methoxy groups -OCH3 is 2. The van der Waals surface area contributed by atoms with E-state index in [0.29, 0.717) is 19.4 Å². The lowest BCUT2D eigenvalue weighted by Crippen LogP contribution is -2.27. The molecule has 1 aliphatic heterocycles. The van der Waals surface area contributed by atoms with Gasteiger partial charge in [-0.2, -0.15) is 0 Å². The van der Waals surface area contributed by atoms with E-state index < -0.39 is 0 Å². The second kappa shape index (κ2) is 7.45. The number of para-hydroxylation sites is 1. The summed E-state index contributed by atoms with van der Waals surface area (Å²) < 4.78 is 21.6. The van der Waals surface area contributed by atoms with Gasteiger partial charge in [-0.3, -0.25) is 0 Å². The van der Waals surface area contributed by atoms with E-state index in [0.717, 1.165) is 35.0 Å². The summed E-state index contributed by atoms with van der Waals surface area (Å²) in [4.78, 5) is 0. The molecule has 0 amide bonds. The maximum absolute atomic E-state index is 5.47. The Balaban J connectivity index is 1.61. The van der Waals surface area contributed by atoms with Crippen LogP contribution in [0.1, 0.15) is 18.1 Å². The van der Waals surface area contributed by atoms with E-state index in [2.05, 4.69) is 18.3 Å². The van der Waals surface area contributed by atoms with Crippen molar-refractivity contribution < 1.29 is 18.9 Å². The Kier molecular flexibility index (Phi) is 5.11. The van der Waals surface area contributed by atoms with Gasteiger partial charge in [0.25, 0.3) is 0 Å². The number of hydrogen-bond donors (Lipinski definition) is 1. The zero-order valence-corrected chi connectivity index (χ0v) is 14.3.